The van der Waals surface area contributed by atoms with Crippen LogP contribution in [0.15, 0.2) is 51.8 Å². The lowest BCUT2D eigenvalue weighted by atomic mass is 10.2. The molecule has 2 aromatic carbocycles. The highest BCUT2D eigenvalue weighted by Crippen LogP contribution is 2.21. The number of methoxy groups -OCH3 is 1. The van der Waals surface area contributed by atoms with Crippen LogP contribution in [0.3, 0.4) is 0 Å². The summed E-state index contributed by atoms with van der Waals surface area (Å²) in [5, 5.41) is 0.437. The third-order valence-corrected chi connectivity index (χ3v) is 6.71. The standard InChI is InChI=1S/C19H19ClN2O5S2/c1-3-27-18(23)13-4-9-16-17(12-13)28-19(22(16)10-11-26-2)21-29(24,25)15-7-5-14(20)6-8-15/h4-9,12H,3,10-11H2,1-2H3. The van der Waals surface area contributed by atoms with Crippen LogP contribution in [0.2, 0.25) is 5.02 Å². The predicted molar refractivity (Wildman–Crippen MR) is 112 cm³/mol. The molecular weight excluding hydrogens is 436 g/mol. The SMILES string of the molecule is CCOC(=O)c1ccc2c(c1)sc(=NS(=O)(=O)c1ccc(Cl)cc1)n2CCOC. The second-order valence-electron chi connectivity index (χ2n) is 5.95. The third-order valence-electron chi connectivity index (χ3n) is 4.02. The molecule has 0 amide bonds. The first kappa shape index (κ1) is 21.5. The first-order chi connectivity index (χ1) is 13.9. The molecule has 7 nitrogen and oxygen atoms in total. The van der Waals surface area contributed by atoms with Gasteiger partial charge < -0.3 is 14.0 Å². The number of benzene rings is 2. The van der Waals surface area contributed by atoms with Gasteiger partial charge in [-0.1, -0.05) is 22.9 Å². The minimum absolute atomic E-state index is 0.0462. The van der Waals surface area contributed by atoms with Crippen LogP contribution in [-0.4, -0.2) is 39.3 Å². The van der Waals surface area contributed by atoms with Gasteiger partial charge in [0.1, 0.15) is 0 Å². The Hall–Kier alpha value is -2.20. The third kappa shape index (κ3) is 4.87. The molecule has 0 unspecified atom stereocenters. The Morgan fingerprint density at radius 2 is 1.93 bits per heavy atom. The van der Waals surface area contributed by atoms with Crippen LogP contribution in [-0.2, 0) is 26.0 Å². The number of halogens is 1. The summed E-state index contributed by atoms with van der Waals surface area (Å²) in [6.45, 7) is 2.79. The predicted octanol–water partition coefficient (Wildman–Crippen LogP) is 3.47. The average Bonchev–Trinajstić information content (AvgIpc) is 3.02. The number of esters is 1. The average molecular weight is 455 g/mol. The topological polar surface area (TPSA) is 87.0 Å². The summed E-state index contributed by atoms with van der Waals surface area (Å²) in [4.78, 5) is 12.4. The molecule has 0 aliphatic heterocycles. The fourth-order valence-electron chi connectivity index (χ4n) is 2.65. The first-order valence-electron chi connectivity index (χ1n) is 8.71. The van der Waals surface area contributed by atoms with Crippen LogP contribution in [0.1, 0.15) is 17.3 Å². The zero-order chi connectivity index (χ0) is 21.0. The van der Waals surface area contributed by atoms with Crippen LogP contribution >= 0.6 is 22.9 Å². The van der Waals surface area contributed by atoms with E-state index >= 15 is 0 Å². The van der Waals surface area contributed by atoms with Crippen LogP contribution in [0.4, 0.5) is 0 Å². The van der Waals surface area contributed by atoms with Gasteiger partial charge >= 0.3 is 5.97 Å². The van der Waals surface area contributed by atoms with Crippen molar-refractivity contribution in [3.8, 4) is 0 Å². The number of aromatic nitrogens is 1. The number of ether oxygens (including phenoxy) is 2. The van der Waals surface area contributed by atoms with Gasteiger partial charge in [-0.15, -0.1) is 4.40 Å². The van der Waals surface area contributed by atoms with E-state index in [4.69, 9.17) is 21.1 Å². The maximum Gasteiger partial charge on any atom is 0.338 e. The van der Waals surface area contributed by atoms with Gasteiger partial charge in [-0.3, -0.25) is 0 Å². The number of rotatable bonds is 7. The number of nitrogens with zero attached hydrogens (tertiary/aromatic N) is 2. The van der Waals surface area contributed by atoms with E-state index in [1.165, 1.54) is 35.6 Å². The van der Waals surface area contributed by atoms with Crippen LogP contribution in [0, 0.1) is 0 Å². The van der Waals surface area contributed by atoms with E-state index in [0.29, 0.717) is 23.7 Å². The Kier molecular flexibility index (Phi) is 6.74. The van der Waals surface area contributed by atoms with Gasteiger partial charge in [0.05, 0.1) is 33.9 Å². The van der Waals surface area contributed by atoms with E-state index in [0.717, 1.165) is 10.2 Å². The largest absolute Gasteiger partial charge is 0.462 e. The molecule has 0 spiro atoms. The zero-order valence-corrected chi connectivity index (χ0v) is 18.2. The molecule has 0 radical (unpaired) electrons. The Balaban J connectivity index is 2.15. The minimum Gasteiger partial charge on any atom is -0.462 e. The molecule has 3 aromatic rings. The van der Waals surface area contributed by atoms with Crippen molar-refractivity contribution in [1.29, 1.82) is 0 Å². The van der Waals surface area contributed by atoms with Gasteiger partial charge in [0.15, 0.2) is 0 Å². The fraction of sp³-hybridized carbons (Fsp3) is 0.263. The molecule has 1 heterocycles. The molecule has 0 aliphatic carbocycles. The number of sulfonamides is 1. The summed E-state index contributed by atoms with van der Waals surface area (Å²) in [7, 11) is -2.37. The quantitative estimate of drug-likeness (QED) is 0.510. The fourth-order valence-corrected chi connectivity index (χ4v) is 5.07. The number of hydrogen-bond acceptors (Lipinski definition) is 6. The maximum absolute atomic E-state index is 12.8. The number of carbonyl (C=O) groups excluding carboxylic acids is 1. The number of fused-ring (bicyclic) bond motifs is 1. The maximum atomic E-state index is 12.8. The van der Waals surface area contributed by atoms with Crippen molar-refractivity contribution in [2.45, 2.75) is 18.4 Å². The van der Waals surface area contributed by atoms with Gasteiger partial charge in [0, 0.05) is 18.7 Å². The molecule has 154 valence electrons. The minimum atomic E-state index is -3.94. The smallest absolute Gasteiger partial charge is 0.338 e. The van der Waals surface area contributed by atoms with Gasteiger partial charge in [-0.25, -0.2) is 4.79 Å². The highest BCUT2D eigenvalue weighted by atomic mass is 35.5. The molecule has 0 atom stereocenters. The molecule has 0 N–H and O–H groups in total. The Bertz CT molecular complexity index is 1200. The van der Waals surface area contributed by atoms with Crippen molar-refractivity contribution in [3.05, 3.63) is 57.9 Å². The van der Waals surface area contributed by atoms with Gasteiger partial charge in [0.2, 0.25) is 4.80 Å². The van der Waals surface area contributed by atoms with Crippen molar-refractivity contribution in [2.24, 2.45) is 4.40 Å². The van der Waals surface area contributed by atoms with Crippen LogP contribution in [0.5, 0.6) is 0 Å². The Morgan fingerprint density at radius 1 is 1.21 bits per heavy atom. The van der Waals surface area contributed by atoms with E-state index in [9.17, 15) is 13.2 Å². The highest BCUT2D eigenvalue weighted by Gasteiger charge is 2.16. The molecule has 3 rings (SSSR count). The number of hydrogen-bond donors (Lipinski definition) is 0. The molecular formula is C19H19ClN2O5S2. The summed E-state index contributed by atoms with van der Waals surface area (Å²) in [5.74, 6) is -0.432. The normalized spacial score (nSPS) is 12.4. The number of thiazole rings is 1. The molecule has 1 aromatic heterocycles. The van der Waals surface area contributed by atoms with E-state index in [1.807, 2.05) is 0 Å². The molecule has 0 fully saturated rings. The summed E-state index contributed by atoms with van der Waals surface area (Å²) in [6.07, 6.45) is 0. The van der Waals surface area contributed by atoms with Gasteiger partial charge in [-0.2, -0.15) is 8.42 Å². The second kappa shape index (κ2) is 9.08. The summed E-state index contributed by atoms with van der Waals surface area (Å²) in [5.41, 5.74) is 1.15. The first-order valence-corrected chi connectivity index (χ1v) is 11.3. The Labute approximate surface area is 177 Å². The van der Waals surface area contributed by atoms with Gasteiger partial charge in [0.25, 0.3) is 10.0 Å². The highest BCUT2D eigenvalue weighted by molar-refractivity contribution is 7.90. The Morgan fingerprint density at radius 3 is 2.59 bits per heavy atom. The van der Waals surface area contributed by atoms with E-state index < -0.39 is 16.0 Å². The molecule has 0 aliphatic rings. The van der Waals surface area contributed by atoms with E-state index in [-0.39, 0.29) is 16.3 Å². The molecule has 0 saturated carbocycles. The molecule has 29 heavy (non-hydrogen) atoms. The summed E-state index contributed by atoms with van der Waals surface area (Å²) in [6, 6.07) is 10.9. The van der Waals surface area contributed by atoms with E-state index in [1.54, 1.807) is 36.8 Å². The molecule has 0 saturated heterocycles. The van der Waals surface area contributed by atoms with Gasteiger partial charge in [-0.05, 0) is 49.4 Å². The lowest BCUT2D eigenvalue weighted by molar-refractivity contribution is 0.0526. The van der Waals surface area contributed by atoms with Crippen molar-refractivity contribution in [1.82, 2.24) is 4.57 Å². The van der Waals surface area contributed by atoms with Crippen LogP contribution in [0.25, 0.3) is 10.2 Å². The van der Waals surface area contributed by atoms with Crippen LogP contribution < -0.4 is 4.80 Å². The lowest BCUT2D eigenvalue weighted by Crippen LogP contribution is -2.19. The molecule has 0 bridgehead atoms. The van der Waals surface area contributed by atoms with E-state index in [2.05, 4.69) is 4.40 Å². The van der Waals surface area contributed by atoms with Crippen molar-refractivity contribution >= 4 is 49.1 Å². The summed E-state index contributed by atoms with van der Waals surface area (Å²) >= 11 is 7.02. The van der Waals surface area contributed by atoms with Crippen molar-refractivity contribution < 1.29 is 22.7 Å². The van der Waals surface area contributed by atoms with Crippen molar-refractivity contribution in [3.63, 3.8) is 0 Å². The number of carbonyl (C=O) groups is 1. The van der Waals surface area contributed by atoms with Crippen molar-refractivity contribution in [2.75, 3.05) is 20.3 Å². The summed E-state index contributed by atoms with van der Waals surface area (Å²) < 4.78 is 42.2. The monoisotopic (exact) mass is 454 g/mol. The second-order valence-corrected chi connectivity index (χ2v) is 9.00. The lowest BCUT2D eigenvalue weighted by Gasteiger charge is -2.05. The zero-order valence-electron chi connectivity index (χ0n) is 15.8. The molecule has 10 heteroatoms.